The van der Waals surface area contributed by atoms with Crippen LogP contribution >= 0.6 is 23.2 Å². The van der Waals surface area contributed by atoms with Crippen LogP contribution in [0.1, 0.15) is 5.69 Å². The molecule has 0 radical (unpaired) electrons. The lowest BCUT2D eigenvalue weighted by Crippen LogP contribution is -2.31. The number of nitrogen functional groups attached to an aromatic ring is 1. The molecule has 0 unspecified atom stereocenters. The third-order valence-electron chi connectivity index (χ3n) is 2.62. The topological polar surface area (TPSA) is 87.9 Å². The van der Waals surface area contributed by atoms with Crippen molar-refractivity contribution in [2.45, 2.75) is 6.18 Å². The van der Waals surface area contributed by atoms with Crippen LogP contribution in [-0.2, 0) is 6.18 Å². The summed E-state index contributed by atoms with van der Waals surface area (Å²) < 4.78 is 39.1. The third kappa shape index (κ3) is 2.64. The number of alkyl halides is 3. The van der Waals surface area contributed by atoms with Crippen molar-refractivity contribution in [2.75, 3.05) is 5.73 Å². The number of nitrogens with two attached hydrogens (primary N) is 1. The van der Waals surface area contributed by atoms with E-state index in [1.165, 1.54) is 18.2 Å². The molecule has 2 aromatic rings. The van der Waals surface area contributed by atoms with E-state index in [2.05, 4.69) is 4.98 Å². The van der Waals surface area contributed by atoms with Gasteiger partial charge in [0.1, 0.15) is 5.82 Å². The third-order valence-corrected chi connectivity index (χ3v) is 3.44. The first-order chi connectivity index (χ1) is 9.64. The second kappa shape index (κ2) is 5.12. The van der Waals surface area contributed by atoms with Crippen molar-refractivity contribution in [3.63, 3.8) is 0 Å². The number of hydrogen-bond donors (Lipinski definition) is 3. The van der Waals surface area contributed by atoms with E-state index in [-0.39, 0.29) is 15.6 Å². The standard InChI is InChI=1S/C11H7Cl2F3N4O/c12-5-3-1-2-4(7(5)13)6-8(11(14,15)16)20(21)10(18)19-9(6)17/h1-3,21H,(H3,17,18,19). The van der Waals surface area contributed by atoms with Crippen LogP contribution in [0.4, 0.5) is 19.0 Å². The molecule has 10 heteroatoms. The lowest BCUT2D eigenvalue weighted by molar-refractivity contribution is -0.151. The van der Waals surface area contributed by atoms with Crippen molar-refractivity contribution in [1.29, 1.82) is 5.41 Å². The van der Waals surface area contributed by atoms with E-state index in [1.54, 1.807) is 0 Å². The fraction of sp³-hybridized carbons (Fsp3) is 0.0909. The highest BCUT2D eigenvalue weighted by Crippen LogP contribution is 2.42. The summed E-state index contributed by atoms with van der Waals surface area (Å²) >= 11 is 11.7. The SMILES string of the molecule is N=c1nc(N)c(-c2cccc(Cl)c2Cl)c(C(F)(F)F)n1O. The number of nitrogens with zero attached hydrogens (tertiary/aromatic N) is 2. The Hall–Kier alpha value is -1.93. The van der Waals surface area contributed by atoms with Crippen LogP contribution in [0.15, 0.2) is 18.2 Å². The average molecular weight is 339 g/mol. The van der Waals surface area contributed by atoms with Gasteiger partial charge in [0.15, 0.2) is 5.69 Å². The molecule has 0 saturated heterocycles. The first kappa shape index (κ1) is 15.5. The van der Waals surface area contributed by atoms with E-state index in [9.17, 15) is 18.4 Å². The first-order valence-electron chi connectivity index (χ1n) is 5.32. The minimum Gasteiger partial charge on any atom is -0.425 e. The molecule has 0 saturated carbocycles. The van der Waals surface area contributed by atoms with Crippen LogP contribution in [0.2, 0.25) is 10.0 Å². The molecule has 2 rings (SSSR count). The summed E-state index contributed by atoms with van der Waals surface area (Å²) in [6, 6.07) is 4.01. The summed E-state index contributed by atoms with van der Waals surface area (Å²) in [6.07, 6.45) is -4.98. The smallest absolute Gasteiger partial charge is 0.425 e. The Balaban J connectivity index is 2.96. The predicted octanol–water partition coefficient (Wildman–Crippen LogP) is 3.17. The number of rotatable bonds is 1. The summed E-state index contributed by atoms with van der Waals surface area (Å²) in [7, 11) is 0. The molecular weight excluding hydrogens is 332 g/mol. The summed E-state index contributed by atoms with van der Waals surface area (Å²) in [6.45, 7) is 0. The van der Waals surface area contributed by atoms with Crippen molar-refractivity contribution in [1.82, 2.24) is 9.71 Å². The number of hydrogen-bond acceptors (Lipinski definition) is 4. The van der Waals surface area contributed by atoms with E-state index in [0.29, 0.717) is 0 Å². The van der Waals surface area contributed by atoms with Crippen molar-refractivity contribution in [3.8, 4) is 11.1 Å². The van der Waals surface area contributed by atoms with E-state index < -0.39 is 33.6 Å². The van der Waals surface area contributed by atoms with Crippen molar-refractivity contribution in [2.24, 2.45) is 0 Å². The van der Waals surface area contributed by atoms with E-state index in [0.717, 1.165) is 0 Å². The Kier molecular flexibility index (Phi) is 3.77. The van der Waals surface area contributed by atoms with Crippen molar-refractivity contribution in [3.05, 3.63) is 39.6 Å². The fourth-order valence-corrected chi connectivity index (χ4v) is 2.17. The highest BCUT2D eigenvalue weighted by atomic mass is 35.5. The molecule has 4 N–H and O–H groups in total. The van der Waals surface area contributed by atoms with Gasteiger partial charge in [-0.1, -0.05) is 35.3 Å². The largest absolute Gasteiger partial charge is 0.435 e. The van der Waals surface area contributed by atoms with Gasteiger partial charge in [-0.05, 0) is 6.07 Å². The summed E-state index contributed by atoms with van der Waals surface area (Å²) in [5.41, 5.74) is 2.08. The van der Waals surface area contributed by atoms with Crippen molar-refractivity contribution >= 4 is 29.0 Å². The molecule has 5 nitrogen and oxygen atoms in total. The second-order valence-corrected chi connectivity index (χ2v) is 4.74. The second-order valence-electron chi connectivity index (χ2n) is 3.96. The number of anilines is 1. The Bertz CT molecular complexity index is 773. The van der Waals surface area contributed by atoms with Gasteiger partial charge in [-0.15, -0.1) is 4.73 Å². The molecule has 0 aliphatic carbocycles. The molecule has 0 amide bonds. The molecule has 0 aliphatic heterocycles. The molecule has 112 valence electrons. The van der Waals surface area contributed by atoms with Gasteiger partial charge >= 0.3 is 6.18 Å². The molecule has 0 atom stereocenters. The molecule has 21 heavy (non-hydrogen) atoms. The predicted molar refractivity (Wildman–Crippen MR) is 70.1 cm³/mol. The van der Waals surface area contributed by atoms with Gasteiger partial charge in [-0.25, -0.2) is 0 Å². The van der Waals surface area contributed by atoms with Crippen LogP contribution in [0.3, 0.4) is 0 Å². The normalized spacial score (nSPS) is 11.7. The van der Waals surface area contributed by atoms with E-state index in [1.807, 2.05) is 0 Å². The molecule has 0 spiro atoms. The van der Waals surface area contributed by atoms with Crippen LogP contribution in [0.25, 0.3) is 11.1 Å². The number of halogens is 5. The van der Waals surface area contributed by atoms with Crippen LogP contribution in [0.5, 0.6) is 0 Å². The molecule has 0 bridgehead atoms. The molecule has 1 aromatic carbocycles. The van der Waals surface area contributed by atoms with Gasteiger partial charge in [0.25, 0.3) is 5.62 Å². The van der Waals surface area contributed by atoms with Gasteiger partial charge in [0.2, 0.25) is 0 Å². The van der Waals surface area contributed by atoms with Gasteiger partial charge in [0.05, 0.1) is 15.6 Å². The minimum absolute atomic E-state index is 0.0149. The number of benzene rings is 1. The van der Waals surface area contributed by atoms with E-state index in [4.69, 9.17) is 34.3 Å². The molecule has 1 aromatic heterocycles. The van der Waals surface area contributed by atoms with Gasteiger partial charge in [-0.2, -0.15) is 18.2 Å². The Morgan fingerprint density at radius 1 is 1.29 bits per heavy atom. The minimum atomic E-state index is -4.98. The number of nitrogens with one attached hydrogen (secondary N) is 1. The zero-order valence-electron chi connectivity index (χ0n) is 10.0. The monoisotopic (exact) mass is 338 g/mol. The zero-order chi connectivity index (χ0) is 15.9. The van der Waals surface area contributed by atoms with Crippen LogP contribution < -0.4 is 11.4 Å². The average Bonchev–Trinajstić information content (AvgIpc) is 2.36. The molecule has 1 heterocycles. The zero-order valence-corrected chi connectivity index (χ0v) is 11.6. The van der Waals surface area contributed by atoms with Crippen LogP contribution in [0, 0.1) is 5.41 Å². The Morgan fingerprint density at radius 3 is 2.48 bits per heavy atom. The number of aromatic nitrogens is 2. The quantitative estimate of drug-likeness (QED) is 0.698. The maximum Gasteiger partial charge on any atom is 0.435 e. The summed E-state index contributed by atoms with van der Waals surface area (Å²) in [4.78, 5) is 3.35. The molecular formula is C11H7Cl2F3N4O. The molecule has 0 aliphatic rings. The van der Waals surface area contributed by atoms with Crippen LogP contribution in [-0.4, -0.2) is 14.9 Å². The lowest BCUT2D eigenvalue weighted by Gasteiger charge is -2.18. The summed E-state index contributed by atoms with van der Waals surface area (Å²) in [5.74, 6) is -0.596. The first-order valence-corrected chi connectivity index (χ1v) is 6.08. The maximum atomic E-state index is 13.2. The lowest BCUT2D eigenvalue weighted by atomic mass is 10.0. The van der Waals surface area contributed by atoms with Crippen molar-refractivity contribution < 1.29 is 18.4 Å². The highest BCUT2D eigenvalue weighted by Gasteiger charge is 2.40. The van der Waals surface area contributed by atoms with Gasteiger partial charge < -0.3 is 10.9 Å². The van der Waals surface area contributed by atoms with Gasteiger partial charge in [-0.3, -0.25) is 5.41 Å². The van der Waals surface area contributed by atoms with E-state index >= 15 is 0 Å². The Morgan fingerprint density at radius 2 is 1.90 bits per heavy atom. The Labute approximate surface area is 125 Å². The highest BCUT2D eigenvalue weighted by molar-refractivity contribution is 6.43. The molecule has 0 fully saturated rings. The van der Waals surface area contributed by atoms with Gasteiger partial charge in [0, 0.05) is 5.56 Å². The summed E-state index contributed by atoms with van der Waals surface area (Å²) in [5, 5.41) is 16.5. The maximum absolute atomic E-state index is 13.2. The fourth-order valence-electron chi connectivity index (χ4n) is 1.77.